The summed E-state index contributed by atoms with van der Waals surface area (Å²) in [6, 6.07) is -1.39. The van der Waals surface area contributed by atoms with E-state index in [9.17, 15) is 19.2 Å². The maximum absolute atomic E-state index is 12.6. The first-order valence-corrected chi connectivity index (χ1v) is 18.0. The summed E-state index contributed by atoms with van der Waals surface area (Å²) in [4.78, 5) is 47.2. The van der Waals surface area contributed by atoms with E-state index in [1.807, 2.05) is 6.08 Å². The SMILES string of the molecule is CCC/C=C\C/C=C\C(CCCCCCC(=O)NCC(=O)NC(CO)C(=O)O)OC(=O)CCCCCCC/C=C\C/C=C\CCCC. The van der Waals surface area contributed by atoms with E-state index in [0.717, 1.165) is 77.0 Å². The van der Waals surface area contributed by atoms with Crippen LogP contribution in [0.5, 0.6) is 0 Å². The van der Waals surface area contributed by atoms with E-state index in [2.05, 4.69) is 67.0 Å². The molecule has 0 bridgehead atoms. The molecule has 2 amide bonds. The lowest BCUT2D eigenvalue weighted by Gasteiger charge is -2.15. The molecule has 2 atom stereocenters. The van der Waals surface area contributed by atoms with Crippen molar-refractivity contribution in [3.63, 3.8) is 0 Å². The van der Waals surface area contributed by atoms with Crippen molar-refractivity contribution in [2.75, 3.05) is 13.2 Å². The number of esters is 1. The number of aliphatic carboxylic acids is 1. The Balaban J connectivity index is 4.28. The fraction of sp³-hybridized carbons (Fsp3) is 0.684. The zero-order valence-electron chi connectivity index (χ0n) is 29.3. The van der Waals surface area contributed by atoms with Crippen LogP contribution in [-0.4, -0.2) is 59.3 Å². The number of aliphatic hydroxyl groups excluding tert-OH is 1. The molecule has 0 aliphatic heterocycles. The molecule has 0 saturated carbocycles. The summed E-state index contributed by atoms with van der Waals surface area (Å²) in [6.45, 7) is 3.29. The number of allylic oxidation sites excluding steroid dienone is 7. The van der Waals surface area contributed by atoms with Gasteiger partial charge in [-0.25, -0.2) is 4.79 Å². The molecule has 0 saturated heterocycles. The topological polar surface area (TPSA) is 142 Å². The lowest BCUT2D eigenvalue weighted by molar-refractivity contribution is -0.147. The number of carboxylic acids is 1. The predicted molar refractivity (Wildman–Crippen MR) is 190 cm³/mol. The molecular weight excluding hydrogens is 596 g/mol. The third-order valence-electron chi connectivity index (χ3n) is 7.51. The van der Waals surface area contributed by atoms with Crippen LogP contribution in [0.3, 0.4) is 0 Å². The third kappa shape index (κ3) is 29.9. The second kappa shape index (κ2) is 32.7. The molecule has 0 rings (SSSR count). The average molecular weight is 661 g/mol. The number of rotatable bonds is 31. The summed E-state index contributed by atoms with van der Waals surface area (Å²) in [5, 5.41) is 22.4. The Bertz CT molecular complexity index is 942. The van der Waals surface area contributed by atoms with Crippen molar-refractivity contribution in [2.24, 2.45) is 0 Å². The fourth-order valence-corrected chi connectivity index (χ4v) is 4.69. The number of carbonyl (C=O) groups is 4. The highest BCUT2D eigenvalue weighted by Gasteiger charge is 2.18. The van der Waals surface area contributed by atoms with Crippen LogP contribution in [0.15, 0.2) is 48.6 Å². The molecule has 0 aromatic carbocycles. The van der Waals surface area contributed by atoms with Crippen molar-refractivity contribution in [2.45, 2.75) is 154 Å². The van der Waals surface area contributed by atoms with Gasteiger partial charge in [0.05, 0.1) is 13.2 Å². The van der Waals surface area contributed by atoms with Crippen molar-refractivity contribution < 1.29 is 34.1 Å². The highest BCUT2D eigenvalue weighted by Crippen LogP contribution is 2.14. The largest absolute Gasteiger partial charge is 0.480 e. The monoisotopic (exact) mass is 660 g/mol. The van der Waals surface area contributed by atoms with Crippen molar-refractivity contribution in [3.05, 3.63) is 48.6 Å². The number of hydrogen-bond acceptors (Lipinski definition) is 6. The molecule has 47 heavy (non-hydrogen) atoms. The molecule has 0 spiro atoms. The van der Waals surface area contributed by atoms with E-state index in [-0.39, 0.29) is 30.9 Å². The van der Waals surface area contributed by atoms with Crippen LogP contribution in [0, 0.1) is 0 Å². The summed E-state index contributed by atoms with van der Waals surface area (Å²) in [7, 11) is 0. The van der Waals surface area contributed by atoms with Crippen molar-refractivity contribution in [1.82, 2.24) is 10.6 Å². The lowest BCUT2D eigenvalue weighted by atomic mass is 10.1. The number of unbranched alkanes of at least 4 members (excludes halogenated alkanes) is 11. The Morgan fingerprint density at radius 1 is 0.660 bits per heavy atom. The summed E-state index contributed by atoms with van der Waals surface area (Å²) in [6.07, 6.45) is 35.9. The normalized spacial score (nSPS) is 13.1. The molecule has 0 heterocycles. The quantitative estimate of drug-likeness (QED) is 0.0340. The van der Waals surface area contributed by atoms with Crippen LogP contribution in [-0.2, 0) is 23.9 Å². The molecule has 0 aromatic heterocycles. The molecule has 0 aliphatic rings. The molecule has 9 heteroatoms. The summed E-state index contributed by atoms with van der Waals surface area (Å²) in [5.74, 6) is -2.45. The first-order chi connectivity index (χ1) is 22.8. The van der Waals surface area contributed by atoms with Crippen LogP contribution >= 0.6 is 0 Å². The second-order valence-electron chi connectivity index (χ2n) is 11.9. The van der Waals surface area contributed by atoms with Gasteiger partial charge in [-0.1, -0.05) is 108 Å². The molecule has 0 fully saturated rings. The van der Waals surface area contributed by atoms with Crippen molar-refractivity contribution in [1.29, 1.82) is 0 Å². The first kappa shape index (κ1) is 43.8. The summed E-state index contributed by atoms with van der Waals surface area (Å²) < 4.78 is 5.82. The second-order valence-corrected chi connectivity index (χ2v) is 11.9. The van der Waals surface area contributed by atoms with Crippen LogP contribution in [0.2, 0.25) is 0 Å². The Morgan fingerprint density at radius 2 is 1.26 bits per heavy atom. The lowest BCUT2D eigenvalue weighted by Crippen LogP contribution is -2.47. The molecule has 2 unspecified atom stereocenters. The number of nitrogens with one attached hydrogen (secondary N) is 2. The Morgan fingerprint density at radius 3 is 1.91 bits per heavy atom. The maximum Gasteiger partial charge on any atom is 0.328 e. The molecule has 0 radical (unpaired) electrons. The van der Waals surface area contributed by atoms with Crippen molar-refractivity contribution >= 4 is 23.8 Å². The van der Waals surface area contributed by atoms with Gasteiger partial charge in [-0.05, 0) is 70.3 Å². The third-order valence-corrected chi connectivity index (χ3v) is 7.51. The number of amides is 2. The van der Waals surface area contributed by atoms with E-state index in [4.69, 9.17) is 14.9 Å². The first-order valence-electron chi connectivity index (χ1n) is 18.0. The molecular formula is C38H64N2O7. The zero-order chi connectivity index (χ0) is 34.8. The highest BCUT2D eigenvalue weighted by molar-refractivity contribution is 5.87. The minimum absolute atomic E-state index is 0.148. The van der Waals surface area contributed by atoms with Gasteiger partial charge >= 0.3 is 11.9 Å². The number of hydrogen-bond donors (Lipinski definition) is 4. The van der Waals surface area contributed by atoms with Crippen LogP contribution in [0.4, 0.5) is 0 Å². The van der Waals surface area contributed by atoms with Crippen LogP contribution in [0.25, 0.3) is 0 Å². The summed E-state index contributed by atoms with van der Waals surface area (Å²) in [5.41, 5.74) is 0. The van der Waals surface area contributed by atoms with E-state index < -0.39 is 24.5 Å². The maximum atomic E-state index is 12.6. The minimum Gasteiger partial charge on any atom is -0.480 e. The van der Waals surface area contributed by atoms with E-state index >= 15 is 0 Å². The van der Waals surface area contributed by atoms with Gasteiger partial charge in [-0.15, -0.1) is 0 Å². The van der Waals surface area contributed by atoms with Gasteiger partial charge in [0.2, 0.25) is 11.8 Å². The smallest absolute Gasteiger partial charge is 0.328 e. The van der Waals surface area contributed by atoms with Gasteiger partial charge in [0.25, 0.3) is 0 Å². The predicted octanol–water partition coefficient (Wildman–Crippen LogP) is 7.64. The minimum atomic E-state index is -1.39. The van der Waals surface area contributed by atoms with Gasteiger partial charge in [-0.2, -0.15) is 0 Å². The molecule has 0 aromatic rings. The standard InChI is InChI=1S/C38H64N2O7/c1-3-5-7-9-11-12-13-14-15-16-17-18-20-26-30-37(44)47-33(27-23-19-10-8-6-4-2)28-24-21-22-25-29-35(42)39-31-36(43)40-34(32-41)38(45)46/h8-11,13-14,23,27,33-34,41H,3-7,12,15-22,24-26,28-32H2,1-2H3,(H,39,42)(H,40,43)(H,45,46)/b10-8-,11-9-,14-13-,27-23-. The Hall–Kier alpha value is -3.20. The molecule has 0 aliphatic carbocycles. The van der Waals surface area contributed by atoms with Crippen LogP contribution < -0.4 is 10.6 Å². The van der Waals surface area contributed by atoms with E-state index in [1.54, 1.807) is 0 Å². The zero-order valence-corrected chi connectivity index (χ0v) is 29.3. The number of carbonyl (C=O) groups excluding carboxylic acids is 3. The summed E-state index contributed by atoms with van der Waals surface area (Å²) >= 11 is 0. The van der Waals surface area contributed by atoms with Gasteiger partial charge in [-0.3, -0.25) is 14.4 Å². The Labute approximate surface area is 284 Å². The van der Waals surface area contributed by atoms with Crippen molar-refractivity contribution in [3.8, 4) is 0 Å². The van der Waals surface area contributed by atoms with Gasteiger partial charge in [0.15, 0.2) is 0 Å². The number of carboxylic acid groups (broad SMARTS) is 1. The fourth-order valence-electron chi connectivity index (χ4n) is 4.69. The number of aliphatic hydroxyl groups is 1. The Kier molecular flexibility index (Phi) is 30.5. The van der Waals surface area contributed by atoms with E-state index in [0.29, 0.717) is 12.8 Å². The highest BCUT2D eigenvalue weighted by atomic mass is 16.5. The van der Waals surface area contributed by atoms with Gasteiger partial charge in [0.1, 0.15) is 12.1 Å². The molecule has 9 nitrogen and oxygen atoms in total. The number of ether oxygens (including phenoxy) is 1. The van der Waals surface area contributed by atoms with Crippen LogP contribution in [0.1, 0.15) is 142 Å². The van der Waals surface area contributed by atoms with E-state index in [1.165, 1.54) is 32.1 Å². The molecule has 4 N–H and O–H groups in total. The van der Waals surface area contributed by atoms with Gasteiger partial charge in [0, 0.05) is 12.8 Å². The van der Waals surface area contributed by atoms with Gasteiger partial charge < -0.3 is 25.6 Å². The molecule has 268 valence electrons. The average Bonchev–Trinajstić information content (AvgIpc) is 3.05.